The first kappa shape index (κ1) is 46.0. The summed E-state index contributed by atoms with van der Waals surface area (Å²) in [7, 11) is 1.53. The lowest BCUT2D eigenvalue weighted by molar-refractivity contribution is -0.274. The molecule has 0 unspecified atom stereocenters. The summed E-state index contributed by atoms with van der Waals surface area (Å²) in [6.07, 6.45) is 2.74. The normalized spacial score (nSPS) is 17.8. The van der Waals surface area contributed by atoms with Crippen molar-refractivity contribution in [1.29, 1.82) is 0 Å². The summed E-state index contributed by atoms with van der Waals surface area (Å²) in [5.74, 6) is 1.18. The van der Waals surface area contributed by atoms with E-state index in [4.69, 9.17) is 14.2 Å². The molecule has 20 heteroatoms. The Morgan fingerprint density at radius 3 is 1.73 bits per heavy atom. The maximum atomic E-state index is 13.6. The number of methoxy groups -OCH3 is 1. The van der Waals surface area contributed by atoms with Crippen LogP contribution in [0.4, 0.5) is 29.5 Å². The summed E-state index contributed by atoms with van der Waals surface area (Å²) < 4.78 is 76.3. The van der Waals surface area contributed by atoms with Crippen molar-refractivity contribution >= 4 is 23.2 Å². The minimum atomic E-state index is -4.75. The number of anilines is 2. The third-order valence-corrected chi connectivity index (χ3v) is 11.0. The number of hydrogen-bond acceptors (Lipinski definition) is 14. The van der Waals surface area contributed by atoms with Gasteiger partial charge in [-0.15, -0.1) is 13.2 Å². The van der Waals surface area contributed by atoms with E-state index in [1.165, 1.54) is 37.4 Å². The highest BCUT2D eigenvalue weighted by molar-refractivity contribution is 5.55. The van der Waals surface area contributed by atoms with Crippen LogP contribution in [-0.2, 0) is 0 Å². The molecule has 0 saturated carbocycles. The van der Waals surface area contributed by atoms with E-state index in [0.717, 1.165) is 68.6 Å². The van der Waals surface area contributed by atoms with Crippen LogP contribution in [0, 0.1) is 5.82 Å². The summed E-state index contributed by atoms with van der Waals surface area (Å²) in [6.45, 7) is 15.5. The van der Waals surface area contributed by atoms with Gasteiger partial charge in [-0.1, -0.05) is 45.9 Å². The fraction of sp³-hybridized carbons (Fsp3) is 0.500. The van der Waals surface area contributed by atoms with Crippen molar-refractivity contribution in [2.24, 2.45) is 0 Å². The molecule has 0 spiro atoms. The predicted octanol–water partition coefficient (Wildman–Crippen LogP) is 8.15. The fourth-order valence-electron chi connectivity index (χ4n) is 7.57. The van der Waals surface area contributed by atoms with Crippen molar-refractivity contribution in [3.63, 3.8) is 0 Å². The number of rotatable bonds is 14. The average Bonchev–Trinajstić information content (AvgIpc) is 3.90. The second-order valence-corrected chi connectivity index (χ2v) is 16.6. The molecule has 2 saturated heterocycles. The average molecular weight is 893 g/mol. The van der Waals surface area contributed by atoms with Crippen LogP contribution in [0.5, 0.6) is 23.5 Å². The molecule has 2 aliphatic heterocycles. The van der Waals surface area contributed by atoms with E-state index in [1.807, 2.05) is 33.9 Å². The largest absolute Gasteiger partial charge is 0.573 e. The van der Waals surface area contributed by atoms with Crippen molar-refractivity contribution < 1.29 is 36.5 Å². The molecule has 2 aliphatic rings. The van der Waals surface area contributed by atoms with Gasteiger partial charge in [0.15, 0.2) is 11.3 Å². The molecule has 2 aromatic carbocycles. The van der Waals surface area contributed by atoms with Gasteiger partial charge in [0.1, 0.15) is 29.5 Å². The number of nitrogens with zero attached hydrogens (tertiary/aromatic N) is 8. The molecule has 8 rings (SSSR count). The van der Waals surface area contributed by atoms with Gasteiger partial charge in [0.2, 0.25) is 11.9 Å². The molecular weight excluding hydrogens is 837 g/mol. The maximum Gasteiger partial charge on any atom is 0.573 e. The standard InChI is InChI=1S/C22H27F3N6O2.C22H29FN6O2/c1-13(2)18-12-27-31-19(18)29-21(32-17-8-5-9-26-11-17)30-20(31)28-14(3)15-6-4-7-16(10-15)33-22(23,24)25;1-13(2)18-12-25-29-20(18)27-22(31-16-6-5-9-24-11-16)28-21(29)26-14(3)17-8-7-15(23)10-19(17)30-4/h4,6-7,10,12-14,17,26H,5,8-9,11H2,1-3H3,(H,28,29,30);7-8,10,12-14,16,24H,5-6,9,11H2,1-4H3,(H,26,27,28)/t14-,17+;14-,16+/m00/s1. The van der Waals surface area contributed by atoms with Gasteiger partial charge in [0.25, 0.3) is 0 Å². The van der Waals surface area contributed by atoms with E-state index in [2.05, 4.69) is 70.0 Å². The van der Waals surface area contributed by atoms with Gasteiger partial charge in [0.05, 0.1) is 31.6 Å². The van der Waals surface area contributed by atoms with Gasteiger partial charge in [-0.2, -0.15) is 39.2 Å². The maximum absolute atomic E-state index is 13.6. The number of nitrogens with one attached hydrogen (secondary N) is 4. The van der Waals surface area contributed by atoms with E-state index in [1.54, 1.807) is 27.4 Å². The Kier molecular flexibility index (Phi) is 14.5. The summed E-state index contributed by atoms with van der Waals surface area (Å²) in [5, 5.41) is 22.2. The Balaban J connectivity index is 0.000000192. The molecule has 0 radical (unpaired) electrons. The molecule has 0 bridgehead atoms. The van der Waals surface area contributed by atoms with E-state index in [9.17, 15) is 17.6 Å². The highest BCUT2D eigenvalue weighted by Crippen LogP contribution is 2.32. The monoisotopic (exact) mass is 892 g/mol. The second-order valence-electron chi connectivity index (χ2n) is 16.6. The van der Waals surface area contributed by atoms with Crippen LogP contribution >= 0.6 is 0 Å². The summed E-state index contributed by atoms with van der Waals surface area (Å²) >= 11 is 0. The lowest BCUT2D eigenvalue weighted by Gasteiger charge is -2.23. The number of alkyl halides is 3. The molecule has 16 nitrogen and oxygen atoms in total. The van der Waals surface area contributed by atoms with E-state index in [0.29, 0.717) is 40.5 Å². The van der Waals surface area contributed by atoms with Crippen molar-refractivity contribution in [2.75, 3.05) is 43.9 Å². The van der Waals surface area contributed by atoms with Crippen LogP contribution in [0.15, 0.2) is 54.9 Å². The second kappa shape index (κ2) is 20.2. The third kappa shape index (κ3) is 11.4. The molecule has 0 aliphatic carbocycles. The molecular formula is C44H56F4N12O4. The molecule has 2 fully saturated rings. The van der Waals surface area contributed by atoms with Crippen molar-refractivity contribution in [2.45, 2.75) is 110 Å². The Hall–Kier alpha value is -6.02. The van der Waals surface area contributed by atoms with Gasteiger partial charge in [0, 0.05) is 35.8 Å². The third-order valence-electron chi connectivity index (χ3n) is 11.0. The molecule has 64 heavy (non-hydrogen) atoms. The van der Waals surface area contributed by atoms with Gasteiger partial charge >= 0.3 is 18.4 Å². The van der Waals surface area contributed by atoms with E-state index >= 15 is 0 Å². The van der Waals surface area contributed by atoms with Crippen LogP contribution in [-0.4, -0.2) is 91.0 Å². The Bertz CT molecular complexity index is 2480. The van der Waals surface area contributed by atoms with Gasteiger partial charge in [-0.3, -0.25) is 0 Å². The van der Waals surface area contributed by atoms with Crippen LogP contribution in [0.2, 0.25) is 0 Å². The van der Waals surface area contributed by atoms with Crippen LogP contribution < -0.4 is 40.2 Å². The van der Waals surface area contributed by atoms with Crippen molar-refractivity contribution in [1.82, 2.24) is 49.8 Å². The zero-order chi connectivity index (χ0) is 45.5. The lowest BCUT2D eigenvalue weighted by atomic mass is 10.1. The quantitative estimate of drug-likeness (QED) is 0.0773. The molecule has 6 aromatic rings. The number of benzene rings is 2. The number of fused-ring (bicyclic) bond motifs is 2. The van der Waals surface area contributed by atoms with E-state index in [-0.39, 0.29) is 47.7 Å². The fourth-order valence-corrected chi connectivity index (χ4v) is 7.57. The number of ether oxygens (including phenoxy) is 4. The topological polar surface area (TPSA) is 171 Å². The first-order valence-electron chi connectivity index (χ1n) is 21.6. The van der Waals surface area contributed by atoms with E-state index < -0.39 is 12.4 Å². The Morgan fingerprint density at radius 1 is 0.703 bits per heavy atom. The SMILES string of the molecule is CC(C)c1cnn2c(N[C@@H](C)c3cccc(OC(F)(F)F)c3)nc(O[C@@H]3CCCNC3)nc12.COc1cc(F)ccc1[C@H](C)Nc1nc(O[C@@H]2CCCNC2)nc2c(C(C)C)cnn12. The minimum Gasteiger partial charge on any atom is -0.496 e. The van der Waals surface area contributed by atoms with Gasteiger partial charge < -0.3 is 40.2 Å². The van der Waals surface area contributed by atoms with Gasteiger partial charge in [-0.25, -0.2) is 4.39 Å². The zero-order valence-corrected chi connectivity index (χ0v) is 37.0. The molecule has 6 heterocycles. The van der Waals surface area contributed by atoms with Crippen LogP contribution in [0.3, 0.4) is 0 Å². The predicted molar refractivity (Wildman–Crippen MR) is 233 cm³/mol. The molecule has 344 valence electrons. The molecule has 4 N–H and O–H groups in total. The summed E-state index contributed by atoms with van der Waals surface area (Å²) in [4.78, 5) is 18.4. The Morgan fingerprint density at radius 2 is 1.25 bits per heavy atom. The van der Waals surface area contributed by atoms with Crippen molar-refractivity contribution in [3.05, 3.63) is 82.9 Å². The highest BCUT2D eigenvalue weighted by atomic mass is 19.4. The smallest absolute Gasteiger partial charge is 0.496 e. The number of halogens is 4. The highest BCUT2D eigenvalue weighted by Gasteiger charge is 2.31. The lowest BCUT2D eigenvalue weighted by Crippen LogP contribution is -2.37. The van der Waals surface area contributed by atoms with Crippen molar-refractivity contribution in [3.8, 4) is 23.5 Å². The van der Waals surface area contributed by atoms with Crippen LogP contribution in [0.1, 0.15) is 113 Å². The Labute approximate surface area is 368 Å². The summed E-state index contributed by atoms with van der Waals surface area (Å²) in [6, 6.07) is 10.3. The molecule has 4 aromatic heterocycles. The molecule has 0 amide bonds. The number of hydrogen-bond donors (Lipinski definition) is 4. The number of piperidine rings is 2. The first-order valence-corrected chi connectivity index (χ1v) is 21.6. The minimum absolute atomic E-state index is 0.0316. The molecule has 4 atom stereocenters. The first-order chi connectivity index (χ1) is 30.6. The number of aromatic nitrogens is 8. The van der Waals surface area contributed by atoms with Gasteiger partial charge in [-0.05, 0) is 88.2 Å². The summed E-state index contributed by atoms with van der Waals surface area (Å²) in [5.41, 5.74) is 4.71. The van der Waals surface area contributed by atoms with Crippen LogP contribution in [0.25, 0.3) is 11.3 Å². The zero-order valence-electron chi connectivity index (χ0n) is 37.0.